The highest BCUT2D eigenvalue weighted by molar-refractivity contribution is 6.09. The molecule has 0 aliphatic rings. The molecule has 2 heterocycles. The SMILES string of the molecule is c1ccc(-c2cccc(-c3ccc(N(c4ccc(-c5cccc(-c6ccc7oc8ccccc8c7c6)c5)cc4)c4ccc(-c5cccc(-n6c7ccccc7c7ccccc76)c5)cc4)cc3)c2)cc1. The van der Waals surface area contributed by atoms with Crippen molar-refractivity contribution in [3.05, 3.63) is 267 Å². The van der Waals surface area contributed by atoms with E-state index in [1.807, 2.05) is 12.1 Å². The van der Waals surface area contributed by atoms with Crippen molar-refractivity contribution < 1.29 is 4.42 Å². The summed E-state index contributed by atoms with van der Waals surface area (Å²) in [6.07, 6.45) is 0. The summed E-state index contributed by atoms with van der Waals surface area (Å²) in [5.74, 6) is 0. The molecule has 0 saturated heterocycles. The molecule has 0 aliphatic carbocycles. The van der Waals surface area contributed by atoms with Crippen LogP contribution in [0.3, 0.4) is 0 Å². The molecule has 3 heteroatoms. The first-order valence-electron chi connectivity index (χ1n) is 23.6. The molecule has 3 nitrogen and oxygen atoms in total. The van der Waals surface area contributed by atoms with E-state index in [0.717, 1.165) is 66.9 Å². The van der Waals surface area contributed by atoms with Gasteiger partial charge in [-0.2, -0.15) is 0 Å². The van der Waals surface area contributed by atoms with Gasteiger partial charge in [0.1, 0.15) is 11.2 Å². The lowest BCUT2D eigenvalue weighted by molar-refractivity contribution is 0.669. The van der Waals surface area contributed by atoms with Crippen LogP contribution >= 0.6 is 0 Å². The van der Waals surface area contributed by atoms with Gasteiger partial charge in [0.15, 0.2) is 0 Å². The lowest BCUT2D eigenvalue weighted by Crippen LogP contribution is -2.09. The Balaban J connectivity index is 0.850. The molecule has 0 aliphatic heterocycles. The van der Waals surface area contributed by atoms with Crippen molar-refractivity contribution in [2.24, 2.45) is 0 Å². The van der Waals surface area contributed by atoms with Crippen LogP contribution in [0, 0.1) is 0 Å². The van der Waals surface area contributed by atoms with Crippen LogP contribution in [0.5, 0.6) is 0 Å². The summed E-state index contributed by atoms with van der Waals surface area (Å²) in [6.45, 7) is 0. The Labute approximate surface area is 401 Å². The predicted molar refractivity (Wildman–Crippen MR) is 290 cm³/mol. The van der Waals surface area contributed by atoms with E-state index in [-0.39, 0.29) is 0 Å². The zero-order chi connectivity index (χ0) is 45.7. The first kappa shape index (κ1) is 40.1. The molecule has 0 radical (unpaired) electrons. The molecule has 0 bridgehead atoms. The van der Waals surface area contributed by atoms with Crippen molar-refractivity contribution in [1.82, 2.24) is 4.57 Å². The number of hydrogen-bond acceptors (Lipinski definition) is 2. The summed E-state index contributed by atoms with van der Waals surface area (Å²) < 4.78 is 8.52. The Kier molecular flexibility index (Phi) is 9.84. The van der Waals surface area contributed by atoms with Crippen LogP contribution in [0.25, 0.3) is 105 Å². The summed E-state index contributed by atoms with van der Waals surface area (Å²) in [4.78, 5) is 2.35. The van der Waals surface area contributed by atoms with Gasteiger partial charge < -0.3 is 13.9 Å². The summed E-state index contributed by atoms with van der Waals surface area (Å²) in [5, 5.41) is 4.79. The van der Waals surface area contributed by atoms with Gasteiger partial charge in [-0.25, -0.2) is 0 Å². The minimum absolute atomic E-state index is 0.905. The highest BCUT2D eigenvalue weighted by atomic mass is 16.3. The molecule has 0 amide bonds. The Hall–Kier alpha value is -9.18. The van der Waals surface area contributed by atoms with Gasteiger partial charge in [0.2, 0.25) is 0 Å². The number of hydrogen-bond donors (Lipinski definition) is 0. The summed E-state index contributed by atoms with van der Waals surface area (Å²) in [6, 6.07) is 96.2. The molecule has 0 saturated carbocycles. The smallest absolute Gasteiger partial charge is 0.135 e. The molecule has 11 aromatic carbocycles. The molecule has 69 heavy (non-hydrogen) atoms. The number of anilines is 3. The fraction of sp³-hybridized carbons (Fsp3) is 0. The molecule has 0 N–H and O–H groups in total. The maximum absolute atomic E-state index is 6.14. The van der Waals surface area contributed by atoms with Crippen molar-refractivity contribution in [1.29, 1.82) is 0 Å². The molecule has 0 spiro atoms. The lowest BCUT2D eigenvalue weighted by Gasteiger charge is -2.26. The minimum Gasteiger partial charge on any atom is -0.456 e. The van der Waals surface area contributed by atoms with E-state index in [1.54, 1.807) is 0 Å². The van der Waals surface area contributed by atoms with E-state index in [0.29, 0.717) is 0 Å². The van der Waals surface area contributed by atoms with Gasteiger partial charge in [-0.15, -0.1) is 0 Å². The quantitative estimate of drug-likeness (QED) is 0.144. The van der Waals surface area contributed by atoms with Gasteiger partial charge in [0, 0.05) is 44.3 Å². The molecule has 0 fully saturated rings. The van der Waals surface area contributed by atoms with Crippen LogP contribution < -0.4 is 4.90 Å². The molecular formula is C66H44N2O. The zero-order valence-electron chi connectivity index (χ0n) is 37.7. The zero-order valence-corrected chi connectivity index (χ0v) is 37.7. The van der Waals surface area contributed by atoms with Gasteiger partial charge in [0.05, 0.1) is 11.0 Å². The molecular weight excluding hydrogens is 837 g/mol. The molecule has 13 aromatic rings. The lowest BCUT2D eigenvalue weighted by atomic mass is 9.97. The van der Waals surface area contributed by atoms with Gasteiger partial charge in [-0.05, 0) is 147 Å². The van der Waals surface area contributed by atoms with E-state index < -0.39 is 0 Å². The van der Waals surface area contributed by atoms with Gasteiger partial charge in [-0.1, -0.05) is 176 Å². The second-order valence-corrected chi connectivity index (χ2v) is 17.7. The third-order valence-electron chi connectivity index (χ3n) is 13.6. The monoisotopic (exact) mass is 880 g/mol. The number of rotatable bonds is 9. The van der Waals surface area contributed by atoms with Crippen LogP contribution in [0.1, 0.15) is 0 Å². The highest BCUT2D eigenvalue weighted by Crippen LogP contribution is 2.40. The fourth-order valence-corrected chi connectivity index (χ4v) is 10.2. The van der Waals surface area contributed by atoms with Crippen molar-refractivity contribution >= 4 is 60.8 Å². The number of fused-ring (bicyclic) bond motifs is 6. The number of para-hydroxylation sites is 3. The van der Waals surface area contributed by atoms with Gasteiger partial charge in [-0.3, -0.25) is 0 Å². The van der Waals surface area contributed by atoms with Crippen LogP contribution in [0.15, 0.2) is 271 Å². The van der Waals surface area contributed by atoms with Crippen LogP contribution in [0.4, 0.5) is 17.1 Å². The molecule has 0 unspecified atom stereocenters. The van der Waals surface area contributed by atoms with E-state index in [2.05, 4.69) is 264 Å². The van der Waals surface area contributed by atoms with Crippen LogP contribution in [-0.2, 0) is 0 Å². The maximum Gasteiger partial charge on any atom is 0.135 e. The van der Waals surface area contributed by atoms with Crippen molar-refractivity contribution in [3.63, 3.8) is 0 Å². The second-order valence-electron chi connectivity index (χ2n) is 17.7. The van der Waals surface area contributed by atoms with Crippen molar-refractivity contribution in [2.75, 3.05) is 4.90 Å². The number of aromatic nitrogens is 1. The van der Waals surface area contributed by atoms with Gasteiger partial charge >= 0.3 is 0 Å². The van der Waals surface area contributed by atoms with E-state index in [4.69, 9.17) is 4.42 Å². The first-order chi connectivity index (χ1) is 34.2. The summed E-state index contributed by atoms with van der Waals surface area (Å²) >= 11 is 0. The van der Waals surface area contributed by atoms with E-state index >= 15 is 0 Å². The standard InChI is InChI=1S/C66H44N2O/c1-2-13-45(14-3-1)49-15-10-16-50(41-49)46-27-34-55(35-28-46)67(56-36-29-47(30-37-56)51-17-11-18-52(42-51)54-33-40-66-62(44-54)61-23-6-9-26-65(61)69-66)57-38-31-48(32-39-57)53-19-12-20-58(43-53)68-63-24-7-4-21-59(63)60-22-5-8-25-64(60)68/h1-44H. The van der Waals surface area contributed by atoms with Crippen LogP contribution in [0.2, 0.25) is 0 Å². The highest BCUT2D eigenvalue weighted by Gasteiger charge is 2.17. The summed E-state index contributed by atoms with van der Waals surface area (Å²) in [5.41, 5.74) is 20.4. The average molecular weight is 881 g/mol. The molecule has 0 atom stereocenters. The normalized spacial score (nSPS) is 11.5. The summed E-state index contributed by atoms with van der Waals surface area (Å²) in [7, 11) is 0. The topological polar surface area (TPSA) is 21.3 Å². The Morgan fingerprint density at radius 3 is 1.17 bits per heavy atom. The average Bonchev–Trinajstić information content (AvgIpc) is 3.97. The minimum atomic E-state index is 0.905. The van der Waals surface area contributed by atoms with E-state index in [9.17, 15) is 0 Å². The Morgan fingerprint density at radius 1 is 0.246 bits per heavy atom. The third-order valence-corrected chi connectivity index (χ3v) is 13.6. The predicted octanol–water partition coefficient (Wildman–Crippen LogP) is 18.5. The van der Waals surface area contributed by atoms with Crippen molar-refractivity contribution in [2.45, 2.75) is 0 Å². The maximum atomic E-state index is 6.14. The largest absolute Gasteiger partial charge is 0.456 e. The van der Waals surface area contributed by atoms with Crippen LogP contribution in [-0.4, -0.2) is 4.57 Å². The molecule has 324 valence electrons. The first-order valence-corrected chi connectivity index (χ1v) is 23.6. The Morgan fingerprint density at radius 2 is 0.623 bits per heavy atom. The second kappa shape index (κ2) is 16.9. The molecule has 13 rings (SSSR count). The van der Waals surface area contributed by atoms with Crippen molar-refractivity contribution in [3.8, 4) is 61.3 Å². The number of benzene rings is 11. The number of furan rings is 1. The van der Waals surface area contributed by atoms with Gasteiger partial charge in [0.25, 0.3) is 0 Å². The Bertz CT molecular complexity index is 3940. The van der Waals surface area contributed by atoms with E-state index in [1.165, 1.54) is 55.2 Å². The molecule has 2 aromatic heterocycles. The fourth-order valence-electron chi connectivity index (χ4n) is 10.2. The number of nitrogens with zero attached hydrogens (tertiary/aromatic N) is 2. The third kappa shape index (κ3) is 7.34.